The lowest BCUT2D eigenvalue weighted by Gasteiger charge is -2.24. The summed E-state index contributed by atoms with van der Waals surface area (Å²) < 4.78 is 11.3. The second-order valence-electron chi connectivity index (χ2n) is 10.5. The van der Waals surface area contributed by atoms with Crippen molar-refractivity contribution >= 4 is 29.7 Å². The van der Waals surface area contributed by atoms with Crippen molar-refractivity contribution in [3.8, 4) is 0 Å². The predicted octanol–water partition coefficient (Wildman–Crippen LogP) is 2.41. The fourth-order valence-electron chi connectivity index (χ4n) is 4.08. The van der Waals surface area contributed by atoms with Gasteiger partial charge in [-0.25, -0.2) is 14.6 Å². The molecule has 2 aromatic rings. The molecule has 12 heteroatoms. The Labute approximate surface area is 239 Å². The first-order valence-corrected chi connectivity index (χ1v) is 13.6. The highest BCUT2D eigenvalue weighted by Gasteiger charge is 2.37. The molecule has 0 aliphatic carbocycles. The van der Waals surface area contributed by atoms with Crippen molar-refractivity contribution in [2.75, 3.05) is 31.6 Å². The van der Waals surface area contributed by atoms with Crippen LogP contribution in [0.4, 0.5) is 10.6 Å². The molecule has 1 aliphatic heterocycles. The van der Waals surface area contributed by atoms with Crippen LogP contribution in [0.25, 0.3) is 0 Å². The molecule has 1 fully saturated rings. The molecular weight excluding hydrogens is 530 g/mol. The van der Waals surface area contributed by atoms with Gasteiger partial charge in [-0.05, 0) is 30.5 Å². The number of hydrogen-bond donors (Lipinski definition) is 4. The lowest BCUT2D eigenvalue weighted by molar-refractivity contribution is -0.143. The number of amides is 3. The number of aliphatic carboxylic acids is 1. The Morgan fingerprint density at radius 1 is 1.12 bits per heavy atom. The molecule has 0 bridgehead atoms. The average molecular weight is 570 g/mol. The van der Waals surface area contributed by atoms with Gasteiger partial charge in [-0.15, -0.1) is 0 Å². The quantitative estimate of drug-likeness (QED) is 0.268. The van der Waals surface area contributed by atoms with Gasteiger partial charge in [0.1, 0.15) is 25.1 Å². The first kappa shape index (κ1) is 31.3. The van der Waals surface area contributed by atoms with Crippen LogP contribution in [0.2, 0.25) is 0 Å². The Bertz CT molecular complexity index is 1160. The van der Waals surface area contributed by atoms with E-state index < -0.39 is 41.4 Å². The first-order chi connectivity index (χ1) is 19.6. The zero-order valence-corrected chi connectivity index (χ0v) is 23.7. The highest BCUT2D eigenvalue weighted by molar-refractivity contribution is 5.87. The van der Waals surface area contributed by atoms with Crippen LogP contribution >= 0.6 is 0 Å². The summed E-state index contributed by atoms with van der Waals surface area (Å²) in [5.74, 6) is -1.53. The molecule has 0 unspecified atom stereocenters. The van der Waals surface area contributed by atoms with Crippen LogP contribution in [0.5, 0.6) is 0 Å². The van der Waals surface area contributed by atoms with E-state index in [1.165, 1.54) is 0 Å². The Kier molecular flexibility index (Phi) is 11.5. The zero-order chi connectivity index (χ0) is 29.8. The van der Waals surface area contributed by atoms with Crippen LogP contribution in [0.15, 0.2) is 54.7 Å². The average Bonchev–Trinajstić information content (AvgIpc) is 3.39. The van der Waals surface area contributed by atoms with Gasteiger partial charge in [0.2, 0.25) is 11.8 Å². The van der Waals surface area contributed by atoms with Gasteiger partial charge in [0.05, 0.1) is 18.7 Å². The van der Waals surface area contributed by atoms with E-state index in [0.29, 0.717) is 25.2 Å². The van der Waals surface area contributed by atoms with Crippen molar-refractivity contribution in [3.05, 3.63) is 60.3 Å². The van der Waals surface area contributed by atoms with Crippen LogP contribution in [0.3, 0.4) is 0 Å². The van der Waals surface area contributed by atoms with E-state index in [-0.39, 0.29) is 32.3 Å². The van der Waals surface area contributed by atoms with Crippen LogP contribution in [-0.2, 0) is 30.5 Å². The van der Waals surface area contributed by atoms with Gasteiger partial charge in [-0.1, -0.05) is 57.2 Å². The Hall–Kier alpha value is -4.19. The number of anilines is 1. The number of benzene rings is 1. The van der Waals surface area contributed by atoms with Gasteiger partial charge >= 0.3 is 12.1 Å². The summed E-state index contributed by atoms with van der Waals surface area (Å²) in [5.41, 5.74) is 0.126. The summed E-state index contributed by atoms with van der Waals surface area (Å²) in [5, 5.41) is 17.7. The number of pyridine rings is 1. The third-order valence-electron chi connectivity index (χ3n) is 7.05. The van der Waals surface area contributed by atoms with Crippen LogP contribution in [-0.4, -0.2) is 83.3 Å². The zero-order valence-electron chi connectivity index (χ0n) is 23.7. The number of hydrogen-bond acceptors (Lipinski definition) is 8. The van der Waals surface area contributed by atoms with E-state index >= 15 is 0 Å². The fraction of sp³-hybridized carbons (Fsp3) is 0.483. The number of aromatic nitrogens is 1. The lowest BCUT2D eigenvalue weighted by atomic mass is 9.89. The highest BCUT2D eigenvalue weighted by Crippen LogP contribution is 2.23. The maximum atomic E-state index is 13.0. The normalized spacial score (nSPS) is 17.4. The number of rotatable bonds is 14. The minimum absolute atomic E-state index is 0.126. The molecule has 0 spiro atoms. The molecule has 1 saturated heterocycles. The lowest BCUT2D eigenvalue weighted by Crippen LogP contribution is -2.52. The summed E-state index contributed by atoms with van der Waals surface area (Å²) >= 11 is 0. The second kappa shape index (κ2) is 15.0. The van der Waals surface area contributed by atoms with E-state index in [0.717, 1.165) is 5.56 Å². The van der Waals surface area contributed by atoms with Gasteiger partial charge in [-0.3, -0.25) is 9.59 Å². The standard InChI is InChI=1S/C29H39N5O7/c1-4-29(2,3)27(38)33-23(26(36)37)16-32-25(35)19-40-22-14-21(15-31-24-12-8-9-13-30-24)34(17-22)28(39)41-18-20-10-6-5-7-11-20/h5-13,21-23H,4,14-19H2,1-3H3,(H,30,31)(H,32,35)(H,33,38)(H,36,37)/t21-,22+,23-/m0/s1. The number of carbonyl (C=O) groups excluding carboxylic acids is 3. The van der Waals surface area contributed by atoms with Crippen molar-refractivity contribution in [3.63, 3.8) is 0 Å². The second-order valence-corrected chi connectivity index (χ2v) is 10.5. The number of likely N-dealkylation sites (tertiary alicyclic amines) is 1. The molecule has 3 amide bonds. The SMILES string of the molecule is CCC(C)(C)C(=O)N[C@@H](CNC(=O)CO[C@@H]1C[C@@H](CNc2ccccn2)N(C(=O)OCc2ccccc2)C1)C(=O)O. The molecule has 12 nitrogen and oxygen atoms in total. The fourth-order valence-corrected chi connectivity index (χ4v) is 4.08. The summed E-state index contributed by atoms with van der Waals surface area (Å²) in [7, 11) is 0. The first-order valence-electron chi connectivity index (χ1n) is 13.6. The minimum Gasteiger partial charge on any atom is -0.480 e. The molecule has 3 rings (SSSR count). The molecule has 0 saturated carbocycles. The van der Waals surface area contributed by atoms with Gasteiger partial charge in [-0.2, -0.15) is 0 Å². The molecule has 1 aromatic carbocycles. The largest absolute Gasteiger partial charge is 0.480 e. The summed E-state index contributed by atoms with van der Waals surface area (Å²) in [6.07, 6.45) is 1.71. The van der Waals surface area contributed by atoms with Gasteiger partial charge in [0.25, 0.3) is 0 Å². The predicted molar refractivity (Wildman–Crippen MR) is 151 cm³/mol. The van der Waals surface area contributed by atoms with E-state index in [4.69, 9.17) is 9.47 Å². The van der Waals surface area contributed by atoms with Crippen molar-refractivity contribution in [2.45, 2.75) is 58.4 Å². The number of carbonyl (C=O) groups is 4. The third kappa shape index (κ3) is 9.75. The molecule has 2 heterocycles. The molecule has 41 heavy (non-hydrogen) atoms. The van der Waals surface area contributed by atoms with Crippen molar-refractivity contribution in [2.24, 2.45) is 5.41 Å². The minimum atomic E-state index is -1.28. The molecular formula is C29H39N5O7. The Morgan fingerprint density at radius 2 is 1.85 bits per heavy atom. The van der Waals surface area contributed by atoms with Gasteiger partial charge in [0.15, 0.2) is 0 Å². The summed E-state index contributed by atoms with van der Waals surface area (Å²) in [4.78, 5) is 55.3. The van der Waals surface area contributed by atoms with Gasteiger partial charge < -0.3 is 35.4 Å². The van der Waals surface area contributed by atoms with Crippen molar-refractivity contribution in [1.82, 2.24) is 20.5 Å². The maximum Gasteiger partial charge on any atom is 0.410 e. The van der Waals surface area contributed by atoms with E-state index in [9.17, 15) is 24.3 Å². The van der Waals surface area contributed by atoms with Crippen LogP contribution in [0.1, 0.15) is 39.2 Å². The number of nitrogens with one attached hydrogen (secondary N) is 3. The van der Waals surface area contributed by atoms with Crippen molar-refractivity contribution in [1.29, 1.82) is 0 Å². The summed E-state index contributed by atoms with van der Waals surface area (Å²) in [6, 6.07) is 13.3. The van der Waals surface area contributed by atoms with E-state index in [1.54, 1.807) is 24.9 Å². The monoisotopic (exact) mass is 569 g/mol. The van der Waals surface area contributed by atoms with Crippen molar-refractivity contribution < 1.29 is 33.8 Å². The number of carboxylic acid groups (broad SMARTS) is 1. The number of nitrogens with zero attached hydrogens (tertiary/aromatic N) is 2. The molecule has 0 radical (unpaired) electrons. The molecule has 222 valence electrons. The molecule has 1 aliphatic rings. The summed E-state index contributed by atoms with van der Waals surface area (Å²) in [6.45, 7) is 5.39. The number of carboxylic acids is 1. The third-order valence-corrected chi connectivity index (χ3v) is 7.05. The molecule has 3 atom stereocenters. The van der Waals surface area contributed by atoms with E-state index in [1.807, 2.05) is 55.5 Å². The Morgan fingerprint density at radius 3 is 2.51 bits per heavy atom. The van der Waals surface area contributed by atoms with E-state index in [2.05, 4.69) is 20.9 Å². The highest BCUT2D eigenvalue weighted by atomic mass is 16.6. The number of ether oxygens (including phenoxy) is 2. The van der Waals surface area contributed by atoms with Crippen LogP contribution in [0, 0.1) is 5.41 Å². The maximum absolute atomic E-state index is 13.0. The Balaban J connectivity index is 1.53. The molecule has 4 N–H and O–H groups in total. The van der Waals surface area contributed by atoms with Crippen LogP contribution < -0.4 is 16.0 Å². The molecule has 1 aromatic heterocycles. The van der Waals surface area contributed by atoms with Gasteiger partial charge in [0, 0.05) is 24.7 Å². The smallest absolute Gasteiger partial charge is 0.410 e. The topological polar surface area (TPSA) is 159 Å².